The van der Waals surface area contributed by atoms with Crippen LogP contribution >= 0.6 is 11.3 Å². The quantitative estimate of drug-likeness (QED) is 0.729. The summed E-state index contributed by atoms with van der Waals surface area (Å²) in [7, 11) is 1.29. The van der Waals surface area contributed by atoms with E-state index in [4.69, 9.17) is 0 Å². The van der Waals surface area contributed by atoms with Gasteiger partial charge in [-0.3, -0.25) is 0 Å². The molecule has 0 bridgehead atoms. The maximum Gasteiger partial charge on any atom is 0.358 e. The van der Waals surface area contributed by atoms with Crippen molar-refractivity contribution in [2.75, 3.05) is 12.4 Å². The van der Waals surface area contributed by atoms with Crippen LogP contribution in [0, 0.1) is 6.92 Å². The second-order valence-corrected chi connectivity index (χ2v) is 4.76. The zero-order valence-corrected chi connectivity index (χ0v) is 11.5. The number of hydrogen-bond donors (Lipinski definition) is 1. The fourth-order valence-corrected chi connectivity index (χ4v) is 2.37. The van der Waals surface area contributed by atoms with E-state index in [0.29, 0.717) is 11.8 Å². The molecule has 0 spiro atoms. The molecule has 0 aliphatic heterocycles. The van der Waals surface area contributed by atoms with Crippen LogP contribution in [0.1, 0.15) is 16.2 Å². The largest absolute Gasteiger partial charge is 0.464 e. The fraction of sp³-hybridized carbons (Fsp3) is 0.182. The van der Waals surface area contributed by atoms with E-state index >= 15 is 0 Å². The van der Waals surface area contributed by atoms with Gasteiger partial charge in [-0.05, 0) is 19.1 Å². The van der Waals surface area contributed by atoms with Gasteiger partial charge < -0.3 is 10.1 Å². The Kier molecular flexibility index (Phi) is 3.03. The van der Waals surface area contributed by atoms with E-state index in [1.165, 1.54) is 24.5 Å². The number of nitrogens with one attached hydrogen (secondary N) is 1. The molecule has 20 heavy (non-hydrogen) atoms. The average molecular weight is 290 g/mol. The normalized spacial score (nSPS) is 10.7. The number of ether oxygens (including phenoxy) is 1. The zero-order valence-electron chi connectivity index (χ0n) is 10.7. The molecule has 0 saturated heterocycles. The van der Waals surface area contributed by atoms with Gasteiger partial charge in [-0.1, -0.05) is 0 Å². The van der Waals surface area contributed by atoms with Crippen LogP contribution in [0.15, 0.2) is 17.5 Å². The molecule has 0 atom stereocenters. The van der Waals surface area contributed by atoms with E-state index in [-0.39, 0.29) is 5.69 Å². The van der Waals surface area contributed by atoms with Crippen molar-refractivity contribution >= 4 is 34.0 Å². The third-order valence-corrected chi connectivity index (χ3v) is 3.48. The molecule has 1 N–H and O–H groups in total. The van der Waals surface area contributed by atoms with Crippen molar-refractivity contribution in [3.8, 4) is 0 Å². The number of carbonyl (C=O) groups is 1. The van der Waals surface area contributed by atoms with Crippen LogP contribution in [0.5, 0.6) is 0 Å². The number of thiazole rings is 1. The van der Waals surface area contributed by atoms with Crippen molar-refractivity contribution < 1.29 is 9.53 Å². The van der Waals surface area contributed by atoms with E-state index in [0.717, 1.165) is 10.7 Å². The number of nitrogens with zero attached hydrogens (tertiary/aromatic N) is 5. The van der Waals surface area contributed by atoms with Gasteiger partial charge in [-0.15, -0.1) is 26.6 Å². The number of anilines is 2. The maximum atomic E-state index is 11.2. The van der Waals surface area contributed by atoms with Gasteiger partial charge in [-0.2, -0.15) is 4.98 Å². The van der Waals surface area contributed by atoms with Crippen molar-refractivity contribution in [3.63, 3.8) is 0 Å². The van der Waals surface area contributed by atoms with E-state index in [1.54, 1.807) is 10.6 Å². The number of esters is 1. The van der Waals surface area contributed by atoms with Gasteiger partial charge in [0.1, 0.15) is 0 Å². The highest BCUT2D eigenvalue weighted by Crippen LogP contribution is 2.17. The molecule has 3 aromatic rings. The molecule has 0 fully saturated rings. The molecule has 0 aliphatic rings. The fourth-order valence-electron chi connectivity index (χ4n) is 1.57. The smallest absolute Gasteiger partial charge is 0.358 e. The number of rotatable bonds is 3. The molecule has 0 unspecified atom stereocenters. The van der Waals surface area contributed by atoms with Gasteiger partial charge >= 0.3 is 5.97 Å². The van der Waals surface area contributed by atoms with Crippen molar-refractivity contribution in [3.05, 3.63) is 28.9 Å². The minimum Gasteiger partial charge on any atom is -0.464 e. The molecule has 0 aromatic carbocycles. The Morgan fingerprint density at radius 3 is 2.90 bits per heavy atom. The Bertz CT molecular complexity index is 763. The molecular weight excluding hydrogens is 280 g/mol. The minimum atomic E-state index is -0.527. The molecule has 102 valence electrons. The summed E-state index contributed by atoms with van der Waals surface area (Å²) >= 11 is 1.51. The van der Waals surface area contributed by atoms with Crippen LogP contribution < -0.4 is 5.32 Å². The summed E-state index contributed by atoms with van der Waals surface area (Å²) in [5.41, 5.74) is 1.16. The van der Waals surface area contributed by atoms with Gasteiger partial charge in [0, 0.05) is 5.38 Å². The van der Waals surface area contributed by atoms with E-state index in [2.05, 4.69) is 30.3 Å². The van der Waals surface area contributed by atoms with E-state index < -0.39 is 5.97 Å². The maximum absolute atomic E-state index is 11.2. The summed E-state index contributed by atoms with van der Waals surface area (Å²) < 4.78 is 6.29. The summed E-state index contributed by atoms with van der Waals surface area (Å²) in [6, 6.07) is 3.13. The Labute approximate surface area is 117 Å². The van der Waals surface area contributed by atoms with Gasteiger partial charge in [0.25, 0.3) is 0 Å². The van der Waals surface area contributed by atoms with Gasteiger partial charge in [-0.25, -0.2) is 9.31 Å². The van der Waals surface area contributed by atoms with Crippen LogP contribution in [-0.2, 0) is 4.74 Å². The van der Waals surface area contributed by atoms with Gasteiger partial charge in [0.05, 0.1) is 12.8 Å². The molecule has 0 saturated carbocycles. The van der Waals surface area contributed by atoms with Crippen LogP contribution in [0.2, 0.25) is 0 Å². The van der Waals surface area contributed by atoms with Crippen LogP contribution in [0.3, 0.4) is 0 Å². The van der Waals surface area contributed by atoms with Crippen molar-refractivity contribution in [2.24, 2.45) is 0 Å². The Morgan fingerprint density at radius 1 is 1.40 bits per heavy atom. The standard InChI is InChI=1S/C11H10N6O2S/c1-6-5-20-11-13-10(16-17(6)11)12-8-4-3-7(14-15-8)9(18)19-2/h3-5H,1-2H3,(H,12,15,16). The Hall–Kier alpha value is -2.55. The molecular formula is C11H10N6O2S. The molecule has 3 aromatic heterocycles. The molecule has 0 aliphatic carbocycles. The van der Waals surface area contributed by atoms with Crippen molar-refractivity contribution in [2.45, 2.75) is 6.92 Å². The summed E-state index contributed by atoms with van der Waals surface area (Å²) in [5.74, 6) is 0.355. The first-order chi connectivity index (χ1) is 9.67. The number of aromatic nitrogens is 5. The zero-order chi connectivity index (χ0) is 14.1. The molecule has 9 heteroatoms. The van der Waals surface area contributed by atoms with Crippen LogP contribution in [0.4, 0.5) is 11.8 Å². The first kappa shape index (κ1) is 12.5. The third kappa shape index (κ3) is 2.18. The highest BCUT2D eigenvalue weighted by Gasteiger charge is 2.10. The minimum absolute atomic E-state index is 0.146. The SMILES string of the molecule is COC(=O)c1ccc(Nc2nc3scc(C)n3n2)nn1. The predicted molar refractivity (Wildman–Crippen MR) is 72.3 cm³/mol. The first-order valence-corrected chi connectivity index (χ1v) is 6.55. The molecule has 8 nitrogen and oxygen atoms in total. The highest BCUT2D eigenvalue weighted by molar-refractivity contribution is 7.15. The second kappa shape index (κ2) is 4.85. The topological polar surface area (TPSA) is 94.3 Å². The lowest BCUT2D eigenvalue weighted by Crippen LogP contribution is -2.06. The number of fused-ring (bicyclic) bond motifs is 1. The number of carbonyl (C=O) groups excluding carboxylic acids is 1. The predicted octanol–water partition coefficient (Wildman–Crippen LogP) is 1.42. The average Bonchev–Trinajstić information content (AvgIpc) is 3.01. The van der Waals surface area contributed by atoms with E-state index in [1.807, 2.05) is 12.3 Å². The number of methoxy groups -OCH3 is 1. The molecule has 3 rings (SSSR count). The lowest BCUT2D eigenvalue weighted by Gasteiger charge is -2.00. The van der Waals surface area contributed by atoms with Crippen molar-refractivity contribution in [1.82, 2.24) is 24.8 Å². The second-order valence-electron chi connectivity index (χ2n) is 3.93. The molecule has 0 radical (unpaired) electrons. The lowest BCUT2D eigenvalue weighted by atomic mass is 10.4. The monoisotopic (exact) mass is 290 g/mol. The first-order valence-electron chi connectivity index (χ1n) is 5.67. The van der Waals surface area contributed by atoms with Gasteiger partial charge in [0.15, 0.2) is 11.5 Å². The van der Waals surface area contributed by atoms with Crippen molar-refractivity contribution in [1.29, 1.82) is 0 Å². The highest BCUT2D eigenvalue weighted by atomic mass is 32.1. The lowest BCUT2D eigenvalue weighted by molar-refractivity contribution is 0.0593. The summed E-state index contributed by atoms with van der Waals surface area (Å²) in [5, 5.41) is 16.8. The Balaban J connectivity index is 1.81. The summed E-state index contributed by atoms with van der Waals surface area (Å²) in [6.45, 7) is 1.95. The molecule has 0 amide bonds. The van der Waals surface area contributed by atoms with Crippen LogP contribution in [0.25, 0.3) is 4.96 Å². The van der Waals surface area contributed by atoms with Gasteiger partial charge in [0.2, 0.25) is 10.9 Å². The van der Waals surface area contributed by atoms with E-state index in [9.17, 15) is 4.79 Å². The Morgan fingerprint density at radius 2 is 2.25 bits per heavy atom. The molecule has 3 heterocycles. The third-order valence-electron chi connectivity index (χ3n) is 2.55. The summed E-state index contributed by atoms with van der Waals surface area (Å²) in [4.78, 5) is 16.3. The van der Waals surface area contributed by atoms with Crippen LogP contribution in [-0.4, -0.2) is 37.9 Å². The summed E-state index contributed by atoms with van der Waals surface area (Å²) in [6.07, 6.45) is 0. The number of aryl methyl sites for hydroxylation is 1. The number of hydrogen-bond acceptors (Lipinski definition) is 8.